The average molecular weight is 325 g/mol. The summed E-state index contributed by atoms with van der Waals surface area (Å²) in [6.07, 6.45) is -1.91. The van der Waals surface area contributed by atoms with Gasteiger partial charge in [0, 0.05) is 25.7 Å². The Morgan fingerprint density at radius 2 is 2.09 bits per heavy atom. The lowest BCUT2D eigenvalue weighted by atomic mass is 9.99. The molecule has 8 heteroatoms. The van der Waals surface area contributed by atoms with Gasteiger partial charge in [-0.25, -0.2) is 4.98 Å². The SMILES string of the molecule is Cc1cc(NC[C@@H]2CCc3nc(C(F)(F)F)cn3C2)nnc1C. The van der Waals surface area contributed by atoms with Gasteiger partial charge < -0.3 is 9.88 Å². The Kier molecular flexibility index (Phi) is 3.99. The van der Waals surface area contributed by atoms with E-state index in [0.717, 1.165) is 23.9 Å². The summed E-state index contributed by atoms with van der Waals surface area (Å²) < 4.78 is 39.7. The second-order valence-corrected chi connectivity index (χ2v) is 5.98. The maximum atomic E-state index is 12.7. The minimum atomic E-state index is -4.38. The van der Waals surface area contributed by atoms with Crippen molar-refractivity contribution in [3.05, 3.63) is 35.0 Å². The van der Waals surface area contributed by atoms with Crippen LogP contribution < -0.4 is 5.32 Å². The van der Waals surface area contributed by atoms with E-state index in [-0.39, 0.29) is 5.92 Å². The molecular formula is C15H18F3N5. The Morgan fingerprint density at radius 1 is 1.30 bits per heavy atom. The van der Waals surface area contributed by atoms with Crippen LogP contribution in [0.1, 0.15) is 29.2 Å². The molecule has 1 N–H and O–H groups in total. The quantitative estimate of drug-likeness (QED) is 0.942. The van der Waals surface area contributed by atoms with Crippen LogP contribution in [0.3, 0.4) is 0 Å². The highest BCUT2D eigenvalue weighted by Crippen LogP contribution is 2.30. The predicted molar refractivity (Wildman–Crippen MR) is 79.0 cm³/mol. The number of nitrogens with zero attached hydrogens (tertiary/aromatic N) is 4. The van der Waals surface area contributed by atoms with Gasteiger partial charge in [-0.2, -0.15) is 18.3 Å². The first kappa shape index (κ1) is 15.8. The number of hydrogen-bond acceptors (Lipinski definition) is 4. The van der Waals surface area contributed by atoms with Crippen LogP contribution in [0.25, 0.3) is 0 Å². The molecule has 1 aliphatic heterocycles. The molecule has 23 heavy (non-hydrogen) atoms. The van der Waals surface area contributed by atoms with E-state index in [4.69, 9.17) is 0 Å². The number of hydrogen-bond donors (Lipinski definition) is 1. The van der Waals surface area contributed by atoms with Crippen molar-refractivity contribution in [1.29, 1.82) is 0 Å². The van der Waals surface area contributed by atoms with Crippen LogP contribution in [0.15, 0.2) is 12.3 Å². The lowest BCUT2D eigenvalue weighted by Crippen LogP contribution is -2.26. The van der Waals surface area contributed by atoms with Crippen molar-refractivity contribution in [2.75, 3.05) is 11.9 Å². The third-order valence-electron chi connectivity index (χ3n) is 4.18. The summed E-state index contributed by atoms with van der Waals surface area (Å²) in [4.78, 5) is 3.69. The fourth-order valence-corrected chi connectivity index (χ4v) is 2.70. The Labute approximate surface area is 131 Å². The molecule has 0 radical (unpaired) electrons. The lowest BCUT2D eigenvalue weighted by molar-refractivity contribution is -0.141. The van der Waals surface area contributed by atoms with Gasteiger partial charge in [0.05, 0.1) is 5.69 Å². The molecule has 0 aromatic carbocycles. The smallest absolute Gasteiger partial charge is 0.368 e. The summed E-state index contributed by atoms with van der Waals surface area (Å²) in [5, 5.41) is 11.4. The summed E-state index contributed by atoms with van der Waals surface area (Å²) in [6, 6.07) is 1.93. The second-order valence-electron chi connectivity index (χ2n) is 5.98. The summed E-state index contributed by atoms with van der Waals surface area (Å²) in [7, 11) is 0. The molecular weight excluding hydrogens is 307 g/mol. The highest BCUT2D eigenvalue weighted by atomic mass is 19.4. The lowest BCUT2D eigenvalue weighted by Gasteiger charge is -2.24. The van der Waals surface area contributed by atoms with Crippen LogP contribution in [0.5, 0.6) is 0 Å². The first-order valence-electron chi connectivity index (χ1n) is 7.51. The molecule has 3 heterocycles. The van der Waals surface area contributed by atoms with Gasteiger partial charge in [0.15, 0.2) is 5.69 Å². The minimum absolute atomic E-state index is 0.237. The van der Waals surface area contributed by atoms with Crippen molar-refractivity contribution < 1.29 is 13.2 Å². The fourth-order valence-electron chi connectivity index (χ4n) is 2.70. The maximum Gasteiger partial charge on any atom is 0.434 e. The molecule has 0 unspecified atom stereocenters. The third-order valence-corrected chi connectivity index (χ3v) is 4.18. The highest BCUT2D eigenvalue weighted by molar-refractivity contribution is 5.37. The van der Waals surface area contributed by atoms with Gasteiger partial charge >= 0.3 is 6.18 Å². The van der Waals surface area contributed by atoms with Gasteiger partial charge in [0.2, 0.25) is 0 Å². The van der Waals surface area contributed by atoms with Gasteiger partial charge in [-0.1, -0.05) is 0 Å². The van der Waals surface area contributed by atoms with Gasteiger partial charge in [-0.05, 0) is 37.8 Å². The standard InChI is InChI=1S/C15H18F3N5/c1-9-5-13(22-21-10(9)2)19-6-11-3-4-14-20-12(15(16,17)18)8-23(14)7-11/h5,8,11H,3-4,6-7H2,1-2H3,(H,19,22)/t11-/m0/s1. The Morgan fingerprint density at radius 3 is 2.78 bits per heavy atom. The number of nitrogens with one attached hydrogen (secondary N) is 1. The van der Waals surface area contributed by atoms with Crippen molar-refractivity contribution in [2.24, 2.45) is 5.92 Å². The number of aryl methyl sites for hydroxylation is 3. The van der Waals surface area contributed by atoms with Crippen LogP contribution in [0.2, 0.25) is 0 Å². The van der Waals surface area contributed by atoms with Gasteiger partial charge in [0.1, 0.15) is 11.6 Å². The molecule has 124 valence electrons. The van der Waals surface area contributed by atoms with E-state index < -0.39 is 11.9 Å². The van der Waals surface area contributed by atoms with Crippen LogP contribution in [0, 0.1) is 19.8 Å². The molecule has 3 rings (SSSR count). The summed E-state index contributed by atoms with van der Waals surface area (Å²) in [5.74, 6) is 1.45. The molecule has 0 bridgehead atoms. The van der Waals surface area contributed by atoms with Crippen molar-refractivity contribution in [2.45, 2.75) is 39.4 Å². The largest absolute Gasteiger partial charge is 0.434 e. The Balaban J connectivity index is 1.63. The molecule has 1 atom stereocenters. The number of imidazole rings is 1. The second kappa shape index (κ2) is 5.82. The summed E-state index contributed by atoms with van der Waals surface area (Å²) >= 11 is 0. The normalized spacial score (nSPS) is 17.9. The number of fused-ring (bicyclic) bond motifs is 1. The van der Waals surface area contributed by atoms with Crippen LogP contribution in [0.4, 0.5) is 19.0 Å². The Bertz CT molecular complexity index is 708. The van der Waals surface area contributed by atoms with Gasteiger partial charge in [0.25, 0.3) is 0 Å². The van der Waals surface area contributed by atoms with E-state index in [9.17, 15) is 13.2 Å². The van der Waals surface area contributed by atoms with Crippen LogP contribution >= 0.6 is 0 Å². The van der Waals surface area contributed by atoms with Crippen LogP contribution in [-0.4, -0.2) is 26.3 Å². The maximum absolute atomic E-state index is 12.7. The fraction of sp³-hybridized carbons (Fsp3) is 0.533. The van der Waals surface area contributed by atoms with E-state index in [1.54, 1.807) is 4.57 Å². The van der Waals surface area contributed by atoms with Gasteiger partial charge in [-0.3, -0.25) is 0 Å². The van der Waals surface area contributed by atoms with Crippen molar-refractivity contribution in [3.8, 4) is 0 Å². The van der Waals surface area contributed by atoms with Crippen molar-refractivity contribution >= 4 is 5.82 Å². The molecule has 0 saturated carbocycles. The van der Waals surface area contributed by atoms with E-state index in [2.05, 4.69) is 20.5 Å². The number of rotatable bonds is 3. The molecule has 0 amide bonds. The molecule has 5 nitrogen and oxygen atoms in total. The summed E-state index contributed by atoms with van der Waals surface area (Å²) in [6.45, 7) is 5.04. The van der Waals surface area contributed by atoms with Crippen molar-refractivity contribution in [1.82, 2.24) is 19.7 Å². The topological polar surface area (TPSA) is 55.6 Å². The van der Waals surface area contributed by atoms with E-state index in [1.807, 2.05) is 19.9 Å². The first-order valence-corrected chi connectivity index (χ1v) is 7.51. The van der Waals surface area contributed by atoms with Crippen molar-refractivity contribution in [3.63, 3.8) is 0 Å². The molecule has 1 aliphatic rings. The molecule has 2 aromatic rings. The average Bonchev–Trinajstić information content (AvgIpc) is 2.92. The number of alkyl halides is 3. The minimum Gasteiger partial charge on any atom is -0.368 e. The first-order chi connectivity index (χ1) is 10.8. The highest BCUT2D eigenvalue weighted by Gasteiger charge is 2.35. The zero-order valence-corrected chi connectivity index (χ0v) is 13.0. The molecule has 0 fully saturated rings. The zero-order chi connectivity index (χ0) is 16.6. The van der Waals surface area contributed by atoms with E-state index >= 15 is 0 Å². The predicted octanol–water partition coefficient (Wildman–Crippen LogP) is 2.98. The third kappa shape index (κ3) is 3.46. The molecule has 0 saturated heterocycles. The number of halogens is 3. The number of anilines is 1. The summed E-state index contributed by atoms with van der Waals surface area (Å²) in [5.41, 5.74) is 1.13. The van der Waals surface area contributed by atoms with Crippen LogP contribution in [-0.2, 0) is 19.1 Å². The Hall–Kier alpha value is -2.12. The molecule has 0 spiro atoms. The van der Waals surface area contributed by atoms with E-state index in [0.29, 0.717) is 31.2 Å². The monoisotopic (exact) mass is 325 g/mol. The van der Waals surface area contributed by atoms with Gasteiger partial charge in [-0.15, -0.1) is 5.10 Å². The number of aromatic nitrogens is 4. The van der Waals surface area contributed by atoms with E-state index in [1.165, 1.54) is 0 Å². The zero-order valence-electron chi connectivity index (χ0n) is 13.0. The molecule has 0 aliphatic carbocycles. The molecule has 2 aromatic heterocycles.